The van der Waals surface area contributed by atoms with Crippen LogP contribution >= 0.6 is 15.9 Å². The Morgan fingerprint density at radius 2 is 1.42 bits per heavy atom. The van der Waals surface area contributed by atoms with Crippen molar-refractivity contribution >= 4 is 55.7 Å². The number of nitro benzene ring substituents is 2. The second-order valence-electron chi connectivity index (χ2n) is 5.15. The zero-order chi connectivity index (χ0) is 18.8. The van der Waals surface area contributed by atoms with Gasteiger partial charge in [0.05, 0.1) is 33.0 Å². The van der Waals surface area contributed by atoms with Crippen molar-refractivity contribution in [3.8, 4) is 0 Å². The summed E-state index contributed by atoms with van der Waals surface area (Å²) in [7, 11) is 1.63. The first-order valence-electron chi connectivity index (χ1n) is 7.24. The Kier molecular flexibility index (Phi) is 4.63. The van der Waals surface area contributed by atoms with Gasteiger partial charge in [-0.2, -0.15) is 0 Å². The highest BCUT2D eigenvalue weighted by atomic mass is 79.9. The molecule has 2 N–H and O–H groups in total. The lowest BCUT2D eigenvalue weighted by Gasteiger charge is -2.11. The predicted octanol–water partition coefficient (Wildman–Crippen LogP) is 3.99. The summed E-state index contributed by atoms with van der Waals surface area (Å²) in [6, 6.07) is 9.40. The topological polar surface area (TPSA) is 136 Å². The average Bonchev–Trinajstić information content (AvgIpc) is 2.61. The number of halogens is 1. The van der Waals surface area contributed by atoms with Crippen LogP contribution in [0.2, 0.25) is 0 Å². The Morgan fingerprint density at radius 1 is 0.923 bits per heavy atom. The molecule has 0 aliphatic carbocycles. The summed E-state index contributed by atoms with van der Waals surface area (Å²) in [4.78, 5) is 29.2. The van der Waals surface area contributed by atoms with E-state index in [-0.39, 0.29) is 11.0 Å². The molecule has 0 aliphatic heterocycles. The predicted molar refractivity (Wildman–Crippen MR) is 99.8 cm³/mol. The number of nitro groups is 2. The van der Waals surface area contributed by atoms with Crippen LogP contribution in [0.1, 0.15) is 0 Å². The van der Waals surface area contributed by atoms with Crippen molar-refractivity contribution in [3.63, 3.8) is 0 Å². The van der Waals surface area contributed by atoms with Crippen molar-refractivity contribution in [2.45, 2.75) is 0 Å². The Balaban J connectivity index is 2.14. The van der Waals surface area contributed by atoms with E-state index in [0.717, 1.165) is 22.3 Å². The molecule has 1 aromatic heterocycles. The molecule has 132 valence electrons. The summed E-state index contributed by atoms with van der Waals surface area (Å²) >= 11 is 3.34. The highest BCUT2D eigenvalue weighted by Crippen LogP contribution is 2.33. The molecule has 10 nitrogen and oxygen atoms in total. The van der Waals surface area contributed by atoms with Gasteiger partial charge >= 0.3 is 11.4 Å². The second kappa shape index (κ2) is 6.88. The minimum absolute atomic E-state index is 0.168. The molecular weight excluding hydrogens is 408 g/mol. The molecule has 0 spiro atoms. The number of benzene rings is 2. The summed E-state index contributed by atoms with van der Waals surface area (Å²) in [5, 5.41) is 28.1. The van der Waals surface area contributed by atoms with E-state index in [2.05, 4.69) is 36.5 Å². The molecule has 0 atom stereocenters. The fraction of sp³-hybridized carbons (Fsp3) is 0.0667. The van der Waals surface area contributed by atoms with Gasteiger partial charge in [-0.25, -0.2) is 9.97 Å². The van der Waals surface area contributed by atoms with Gasteiger partial charge < -0.3 is 10.6 Å². The van der Waals surface area contributed by atoms with Gasteiger partial charge in [-0.3, -0.25) is 20.2 Å². The van der Waals surface area contributed by atoms with Crippen LogP contribution in [-0.4, -0.2) is 26.9 Å². The van der Waals surface area contributed by atoms with Crippen LogP contribution in [0.4, 0.5) is 28.7 Å². The Labute approximate surface area is 154 Å². The maximum Gasteiger partial charge on any atom is 0.348 e. The fourth-order valence-corrected chi connectivity index (χ4v) is 2.57. The zero-order valence-electron chi connectivity index (χ0n) is 13.3. The van der Waals surface area contributed by atoms with Crippen molar-refractivity contribution in [2.24, 2.45) is 0 Å². The smallest absolute Gasteiger partial charge is 0.348 e. The molecule has 0 fully saturated rings. The first-order chi connectivity index (χ1) is 12.4. The van der Waals surface area contributed by atoms with E-state index in [1.807, 2.05) is 24.3 Å². The molecule has 0 saturated heterocycles. The van der Waals surface area contributed by atoms with E-state index in [1.165, 1.54) is 0 Å². The fourth-order valence-electron chi connectivity index (χ4n) is 2.30. The SMILES string of the molecule is CNc1nc2cc([N+](=O)[O-])c([N+](=O)[O-])cc2nc1Nc1ccc(Br)cc1. The highest BCUT2D eigenvalue weighted by molar-refractivity contribution is 9.10. The van der Waals surface area contributed by atoms with E-state index in [1.54, 1.807) is 7.05 Å². The monoisotopic (exact) mass is 418 g/mol. The van der Waals surface area contributed by atoms with Crippen LogP contribution in [0.3, 0.4) is 0 Å². The van der Waals surface area contributed by atoms with Crippen LogP contribution in [0, 0.1) is 20.2 Å². The number of fused-ring (bicyclic) bond motifs is 1. The number of nitrogens with zero attached hydrogens (tertiary/aromatic N) is 4. The van der Waals surface area contributed by atoms with Crippen molar-refractivity contribution < 1.29 is 9.85 Å². The van der Waals surface area contributed by atoms with Crippen LogP contribution in [-0.2, 0) is 0 Å². The molecule has 0 saturated carbocycles. The molecule has 3 aromatic rings. The standard InChI is InChI=1S/C15H11BrN6O4/c1-17-14-15(18-9-4-2-8(16)3-5-9)20-11-7-13(22(25)26)12(21(23)24)6-10(11)19-14/h2-7H,1H3,(H,17,19)(H,18,20). The summed E-state index contributed by atoms with van der Waals surface area (Å²) in [5.41, 5.74) is -0.195. The third-order valence-corrected chi connectivity index (χ3v) is 4.03. The van der Waals surface area contributed by atoms with E-state index >= 15 is 0 Å². The molecule has 3 rings (SSSR count). The number of nitrogens with one attached hydrogen (secondary N) is 2. The second-order valence-corrected chi connectivity index (χ2v) is 6.06. The Bertz CT molecular complexity index is 1020. The van der Waals surface area contributed by atoms with Crippen molar-refractivity contribution in [3.05, 3.63) is 61.1 Å². The molecule has 0 amide bonds. The van der Waals surface area contributed by atoms with E-state index in [0.29, 0.717) is 11.6 Å². The van der Waals surface area contributed by atoms with Gasteiger partial charge in [0, 0.05) is 17.2 Å². The number of hydrogen-bond donors (Lipinski definition) is 2. The van der Waals surface area contributed by atoms with Crippen molar-refractivity contribution in [1.82, 2.24) is 9.97 Å². The molecular formula is C15H11BrN6O4. The van der Waals surface area contributed by atoms with E-state index in [9.17, 15) is 20.2 Å². The van der Waals surface area contributed by atoms with Gasteiger partial charge in [-0.1, -0.05) is 15.9 Å². The van der Waals surface area contributed by atoms with Gasteiger partial charge in [0.15, 0.2) is 11.6 Å². The minimum atomic E-state index is -0.813. The third-order valence-electron chi connectivity index (χ3n) is 3.50. The normalized spacial score (nSPS) is 10.5. The van der Waals surface area contributed by atoms with Gasteiger partial charge in [0.25, 0.3) is 0 Å². The van der Waals surface area contributed by atoms with E-state index in [4.69, 9.17) is 0 Å². The molecule has 11 heteroatoms. The maximum absolute atomic E-state index is 11.1. The van der Waals surface area contributed by atoms with Crippen LogP contribution < -0.4 is 10.6 Å². The van der Waals surface area contributed by atoms with Crippen molar-refractivity contribution in [2.75, 3.05) is 17.7 Å². The third kappa shape index (κ3) is 3.37. The number of rotatable bonds is 5. The van der Waals surface area contributed by atoms with Crippen LogP contribution in [0.15, 0.2) is 40.9 Å². The molecule has 1 heterocycles. The molecule has 0 unspecified atom stereocenters. The number of aromatic nitrogens is 2. The zero-order valence-corrected chi connectivity index (χ0v) is 14.8. The van der Waals surface area contributed by atoms with Crippen LogP contribution in [0.5, 0.6) is 0 Å². The van der Waals surface area contributed by atoms with Crippen LogP contribution in [0.25, 0.3) is 11.0 Å². The molecule has 0 aliphatic rings. The molecule has 0 radical (unpaired) electrons. The lowest BCUT2D eigenvalue weighted by Crippen LogP contribution is -2.04. The maximum atomic E-state index is 11.1. The Morgan fingerprint density at radius 3 is 1.88 bits per heavy atom. The van der Waals surface area contributed by atoms with Gasteiger partial charge in [-0.15, -0.1) is 0 Å². The first-order valence-corrected chi connectivity index (χ1v) is 8.03. The van der Waals surface area contributed by atoms with Gasteiger partial charge in [0.2, 0.25) is 0 Å². The first kappa shape index (κ1) is 17.5. The number of anilines is 3. The van der Waals surface area contributed by atoms with Gasteiger partial charge in [-0.05, 0) is 24.3 Å². The summed E-state index contributed by atoms with van der Waals surface area (Å²) in [5.74, 6) is 0.689. The van der Waals surface area contributed by atoms with E-state index < -0.39 is 21.2 Å². The lowest BCUT2D eigenvalue weighted by molar-refractivity contribution is -0.422. The lowest BCUT2D eigenvalue weighted by atomic mass is 10.2. The Hall–Kier alpha value is -3.34. The molecule has 0 bridgehead atoms. The van der Waals surface area contributed by atoms with Gasteiger partial charge in [0.1, 0.15) is 0 Å². The highest BCUT2D eigenvalue weighted by Gasteiger charge is 2.26. The summed E-state index contributed by atoms with van der Waals surface area (Å²) in [6.45, 7) is 0. The molecule has 2 aromatic carbocycles. The summed E-state index contributed by atoms with van der Waals surface area (Å²) in [6.07, 6.45) is 0. The largest absolute Gasteiger partial charge is 0.370 e. The quantitative estimate of drug-likeness (QED) is 0.468. The van der Waals surface area contributed by atoms with Crippen molar-refractivity contribution in [1.29, 1.82) is 0 Å². The minimum Gasteiger partial charge on any atom is -0.370 e. The summed E-state index contributed by atoms with van der Waals surface area (Å²) < 4.78 is 0.907. The molecule has 26 heavy (non-hydrogen) atoms. The number of hydrogen-bond acceptors (Lipinski definition) is 8. The average molecular weight is 419 g/mol.